The minimum Gasteiger partial charge on any atom is -0.368 e. The lowest BCUT2D eigenvalue weighted by atomic mass is 10.0. The molecule has 1 amide bonds. The van der Waals surface area contributed by atoms with Crippen molar-refractivity contribution in [2.24, 2.45) is 5.73 Å². The minimum atomic E-state index is -0.239. The molecule has 0 bridgehead atoms. The fourth-order valence-electron chi connectivity index (χ4n) is 2.85. The van der Waals surface area contributed by atoms with Crippen LogP contribution in [0.15, 0.2) is 18.3 Å². The number of pyridine rings is 1. The van der Waals surface area contributed by atoms with Gasteiger partial charge in [0.2, 0.25) is 5.91 Å². The summed E-state index contributed by atoms with van der Waals surface area (Å²) in [6, 6.07) is 4.50. The molecule has 1 aliphatic carbocycles. The molecular formula is C15H22N4O. The summed E-state index contributed by atoms with van der Waals surface area (Å²) >= 11 is 0. The number of carbonyl (C=O) groups excluding carboxylic acids is 1. The molecule has 2 aliphatic rings. The van der Waals surface area contributed by atoms with Crippen molar-refractivity contribution in [3.8, 4) is 0 Å². The largest absolute Gasteiger partial charge is 0.368 e. The summed E-state index contributed by atoms with van der Waals surface area (Å²) in [5.41, 5.74) is 6.71. The lowest BCUT2D eigenvalue weighted by molar-refractivity contribution is -0.119. The number of aromatic nitrogens is 1. The quantitative estimate of drug-likeness (QED) is 0.845. The molecule has 1 aromatic rings. The molecule has 0 spiro atoms. The summed E-state index contributed by atoms with van der Waals surface area (Å²) in [7, 11) is 0. The van der Waals surface area contributed by atoms with Gasteiger partial charge in [-0.1, -0.05) is 6.07 Å². The van der Waals surface area contributed by atoms with Gasteiger partial charge in [0.25, 0.3) is 0 Å². The third kappa shape index (κ3) is 2.93. The van der Waals surface area contributed by atoms with Crippen molar-refractivity contribution >= 4 is 11.7 Å². The number of nitrogens with zero attached hydrogens (tertiary/aromatic N) is 2. The maximum atomic E-state index is 11.7. The molecule has 1 saturated heterocycles. The van der Waals surface area contributed by atoms with Gasteiger partial charge in [-0.15, -0.1) is 0 Å². The maximum absolute atomic E-state index is 11.7. The third-order valence-electron chi connectivity index (χ3n) is 4.13. The van der Waals surface area contributed by atoms with Crippen molar-refractivity contribution in [3.05, 3.63) is 23.9 Å². The number of amides is 1. The first-order valence-electron chi connectivity index (χ1n) is 7.49. The first-order chi connectivity index (χ1) is 9.75. The fraction of sp³-hybridized carbons (Fsp3) is 0.600. The molecule has 1 aliphatic heterocycles. The topological polar surface area (TPSA) is 71.2 Å². The average molecular weight is 274 g/mol. The van der Waals surface area contributed by atoms with Gasteiger partial charge in [0.15, 0.2) is 0 Å². The Labute approximate surface area is 119 Å². The zero-order valence-electron chi connectivity index (χ0n) is 11.7. The first kappa shape index (κ1) is 13.4. The monoisotopic (exact) mass is 274 g/mol. The number of nitrogens with two attached hydrogens (primary N) is 1. The highest BCUT2D eigenvalue weighted by atomic mass is 16.1. The minimum absolute atomic E-state index is 0.210. The summed E-state index contributed by atoms with van der Waals surface area (Å²) in [5, 5.41) is 3.51. The molecule has 20 heavy (non-hydrogen) atoms. The number of primary amides is 1. The van der Waals surface area contributed by atoms with Crippen LogP contribution in [0.4, 0.5) is 5.82 Å². The Bertz CT molecular complexity index is 487. The van der Waals surface area contributed by atoms with Gasteiger partial charge in [0.05, 0.1) is 0 Å². The van der Waals surface area contributed by atoms with Crippen molar-refractivity contribution < 1.29 is 4.79 Å². The van der Waals surface area contributed by atoms with Crippen LogP contribution in [0.25, 0.3) is 0 Å². The normalized spacial score (nSPS) is 22.8. The number of carbonyl (C=O) groups is 1. The average Bonchev–Trinajstić information content (AvgIpc) is 3.29. The van der Waals surface area contributed by atoms with E-state index in [1.807, 2.05) is 6.07 Å². The maximum Gasteiger partial charge on any atom is 0.240 e. The lowest BCUT2D eigenvalue weighted by Gasteiger charge is -2.35. The van der Waals surface area contributed by atoms with E-state index in [4.69, 9.17) is 5.73 Å². The van der Waals surface area contributed by atoms with Crippen LogP contribution in [-0.4, -0.2) is 29.5 Å². The molecule has 2 fully saturated rings. The van der Waals surface area contributed by atoms with Gasteiger partial charge in [-0.05, 0) is 38.2 Å². The Morgan fingerprint density at radius 3 is 3.00 bits per heavy atom. The number of hydrogen-bond donors (Lipinski definition) is 2. The van der Waals surface area contributed by atoms with Gasteiger partial charge in [-0.25, -0.2) is 4.98 Å². The zero-order valence-corrected chi connectivity index (χ0v) is 11.7. The van der Waals surface area contributed by atoms with Crippen LogP contribution < -0.4 is 16.0 Å². The van der Waals surface area contributed by atoms with Crippen molar-refractivity contribution in [2.45, 2.75) is 50.7 Å². The molecule has 1 unspecified atom stereocenters. The summed E-state index contributed by atoms with van der Waals surface area (Å²) in [4.78, 5) is 18.3. The second-order valence-electron chi connectivity index (χ2n) is 5.75. The summed E-state index contributed by atoms with van der Waals surface area (Å²) in [5.74, 6) is 0.681. The number of anilines is 1. The first-order valence-corrected chi connectivity index (χ1v) is 7.49. The SMILES string of the molecule is NC(=O)C1CCCCN1c1ncccc1CNC1CC1. The Kier molecular flexibility index (Phi) is 3.87. The van der Waals surface area contributed by atoms with Gasteiger partial charge < -0.3 is 16.0 Å². The van der Waals surface area contributed by atoms with Crippen molar-refractivity contribution in [1.29, 1.82) is 0 Å². The molecule has 5 nitrogen and oxygen atoms in total. The van der Waals surface area contributed by atoms with E-state index < -0.39 is 0 Å². The van der Waals surface area contributed by atoms with Gasteiger partial charge in [-0.2, -0.15) is 0 Å². The van der Waals surface area contributed by atoms with E-state index >= 15 is 0 Å². The highest BCUT2D eigenvalue weighted by Gasteiger charge is 2.29. The van der Waals surface area contributed by atoms with E-state index in [-0.39, 0.29) is 11.9 Å². The van der Waals surface area contributed by atoms with E-state index in [0.717, 1.165) is 43.7 Å². The van der Waals surface area contributed by atoms with Gasteiger partial charge in [-0.3, -0.25) is 4.79 Å². The molecule has 1 saturated carbocycles. The van der Waals surface area contributed by atoms with Gasteiger partial charge in [0, 0.05) is 30.9 Å². The number of rotatable bonds is 5. The van der Waals surface area contributed by atoms with Crippen LogP contribution in [0, 0.1) is 0 Å². The van der Waals surface area contributed by atoms with Crippen LogP contribution >= 0.6 is 0 Å². The van der Waals surface area contributed by atoms with Crippen LogP contribution in [0.5, 0.6) is 0 Å². The Balaban J connectivity index is 1.81. The standard InChI is InChI=1S/C15H22N4O/c16-14(20)13-5-1-2-9-19(13)15-11(4-3-8-17-15)10-18-12-6-7-12/h3-4,8,12-13,18H,1-2,5-7,9-10H2,(H2,16,20). The van der Waals surface area contributed by atoms with Crippen molar-refractivity contribution in [2.75, 3.05) is 11.4 Å². The predicted molar refractivity (Wildman–Crippen MR) is 78.3 cm³/mol. The molecule has 5 heteroatoms. The van der Waals surface area contributed by atoms with Crippen LogP contribution in [-0.2, 0) is 11.3 Å². The molecule has 3 N–H and O–H groups in total. The third-order valence-corrected chi connectivity index (χ3v) is 4.13. The van der Waals surface area contributed by atoms with E-state index in [1.54, 1.807) is 6.20 Å². The fourth-order valence-corrected chi connectivity index (χ4v) is 2.85. The van der Waals surface area contributed by atoms with Crippen molar-refractivity contribution in [1.82, 2.24) is 10.3 Å². The molecule has 1 atom stereocenters. The molecular weight excluding hydrogens is 252 g/mol. The van der Waals surface area contributed by atoms with E-state index in [0.29, 0.717) is 6.04 Å². The molecule has 3 rings (SSSR count). The van der Waals surface area contributed by atoms with Gasteiger partial charge in [0.1, 0.15) is 11.9 Å². The second kappa shape index (κ2) is 5.79. The molecule has 0 aromatic carbocycles. The highest BCUT2D eigenvalue weighted by Crippen LogP contribution is 2.27. The number of nitrogens with one attached hydrogen (secondary N) is 1. The van der Waals surface area contributed by atoms with Crippen LogP contribution in [0.2, 0.25) is 0 Å². The number of hydrogen-bond acceptors (Lipinski definition) is 4. The molecule has 1 aromatic heterocycles. The van der Waals surface area contributed by atoms with E-state index in [1.165, 1.54) is 12.8 Å². The summed E-state index contributed by atoms with van der Waals surface area (Å²) in [6.45, 7) is 1.68. The second-order valence-corrected chi connectivity index (χ2v) is 5.75. The Morgan fingerprint density at radius 1 is 1.40 bits per heavy atom. The molecule has 108 valence electrons. The summed E-state index contributed by atoms with van der Waals surface area (Å²) < 4.78 is 0. The Hall–Kier alpha value is -1.62. The highest BCUT2D eigenvalue weighted by molar-refractivity contribution is 5.83. The smallest absolute Gasteiger partial charge is 0.240 e. The van der Waals surface area contributed by atoms with Gasteiger partial charge >= 0.3 is 0 Å². The summed E-state index contributed by atoms with van der Waals surface area (Å²) in [6.07, 6.45) is 7.32. The molecule has 0 radical (unpaired) electrons. The lowest BCUT2D eigenvalue weighted by Crippen LogP contribution is -2.48. The number of piperidine rings is 1. The van der Waals surface area contributed by atoms with E-state index in [2.05, 4.69) is 21.3 Å². The van der Waals surface area contributed by atoms with Crippen LogP contribution in [0.1, 0.15) is 37.7 Å². The zero-order chi connectivity index (χ0) is 13.9. The van der Waals surface area contributed by atoms with Crippen molar-refractivity contribution in [3.63, 3.8) is 0 Å². The van der Waals surface area contributed by atoms with E-state index in [9.17, 15) is 4.79 Å². The van der Waals surface area contributed by atoms with Crippen LogP contribution in [0.3, 0.4) is 0 Å². The Morgan fingerprint density at radius 2 is 2.25 bits per heavy atom. The molecule has 2 heterocycles. The predicted octanol–water partition coefficient (Wildman–Crippen LogP) is 1.18.